The number of guanidine groups is 1. The van der Waals surface area contributed by atoms with Gasteiger partial charge in [-0.1, -0.05) is 24.3 Å². The predicted molar refractivity (Wildman–Crippen MR) is 86.5 cm³/mol. The van der Waals surface area contributed by atoms with Gasteiger partial charge in [-0.15, -0.1) is 0 Å². The zero-order valence-electron chi connectivity index (χ0n) is 13.3. The minimum atomic E-state index is 0.647. The lowest BCUT2D eigenvalue weighted by Crippen LogP contribution is -2.37. The molecule has 0 radical (unpaired) electrons. The van der Waals surface area contributed by atoms with E-state index >= 15 is 0 Å². The van der Waals surface area contributed by atoms with Gasteiger partial charge in [0.25, 0.3) is 0 Å². The fourth-order valence-electron chi connectivity index (χ4n) is 1.91. The Morgan fingerprint density at radius 3 is 2.62 bits per heavy atom. The third-order valence-corrected chi connectivity index (χ3v) is 3.07. The van der Waals surface area contributed by atoms with E-state index in [0.717, 1.165) is 38.7 Å². The molecule has 0 spiro atoms. The Morgan fingerprint density at radius 1 is 1.19 bits per heavy atom. The van der Waals surface area contributed by atoms with Gasteiger partial charge in [0, 0.05) is 40.5 Å². The highest BCUT2D eigenvalue weighted by Gasteiger charge is 2.03. The average molecular weight is 293 g/mol. The summed E-state index contributed by atoms with van der Waals surface area (Å²) in [5.41, 5.74) is 2.44. The van der Waals surface area contributed by atoms with Crippen LogP contribution in [0.25, 0.3) is 0 Å². The Balaban J connectivity index is 2.45. The molecule has 0 atom stereocenters. The highest BCUT2D eigenvalue weighted by atomic mass is 16.5. The molecule has 0 bridgehead atoms. The Kier molecular flexibility index (Phi) is 9.24. The van der Waals surface area contributed by atoms with Gasteiger partial charge in [-0.05, 0) is 24.5 Å². The quantitative estimate of drug-likeness (QED) is 0.415. The second kappa shape index (κ2) is 11.1. The van der Waals surface area contributed by atoms with Crippen LogP contribution in [0, 0.1) is 0 Å². The van der Waals surface area contributed by atoms with Crippen LogP contribution >= 0.6 is 0 Å². The van der Waals surface area contributed by atoms with E-state index in [1.54, 1.807) is 14.2 Å². The molecule has 0 fully saturated rings. The van der Waals surface area contributed by atoms with Crippen LogP contribution in [0.15, 0.2) is 29.3 Å². The van der Waals surface area contributed by atoms with Crippen LogP contribution in [0.3, 0.4) is 0 Å². The second-order valence-corrected chi connectivity index (χ2v) is 4.60. The third kappa shape index (κ3) is 7.11. The molecule has 5 nitrogen and oxygen atoms in total. The number of hydrogen-bond donors (Lipinski definition) is 2. The van der Waals surface area contributed by atoms with Crippen LogP contribution in [0.5, 0.6) is 0 Å². The number of nitrogens with zero attached hydrogens (tertiary/aromatic N) is 1. The van der Waals surface area contributed by atoms with Gasteiger partial charge in [0.2, 0.25) is 0 Å². The zero-order chi connectivity index (χ0) is 15.3. The number of ether oxygens (including phenoxy) is 2. The smallest absolute Gasteiger partial charge is 0.191 e. The third-order valence-electron chi connectivity index (χ3n) is 3.07. The number of methoxy groups -OCH3 is 1. The van der Waals surface area contributed by atoms with Crippen LogP contribution < -0.4 is 10.6 Å². The van der Waals surface area contributed by atoms with Crippen molar-refractivity contribution in [2.45, 2.75) is 26.5 Å². The summed E-state index contributed by atoms with van der Waals surface area (Å²) in [6.07, 6.45) is 0.956. The van der Waals surface area contributed by atoms with E-state index in [-0.39, 0.29) is 0 Å². The van der Waals surface area contributed by atoms with Gasteiger partial charge in [-0.3, -0.25) is 4.99 Å². The van der Waals surface area contributed by atoms with E-state index in [0.29, 0.717) is 6.61 Å². The van der Waals surface area contributed by atoms with Crippen molar-refractivity contribution in [2.75, 3.05) is 33.9 Å². The van der Waals surface area contributed by atoms with Crippen molar-refractivity contribution >= 4 is 5.96 Å². The molecule has 0 aliphatic heterocycles. The highest BCUT2D eigenvalue weighted by molar-refractivity contribution is 5.79. The van der Waals surface area contributed by atoms with E-state index in [2.05, 4.69) is 27.8 Å². The molecule has 0 heterocycles. The summed E-state index contributed by atoms with van der Waals surface area (Å²) >= 11 is 0. The van der Waals surface area contributed by atoms with Crippen LogP contribution in [-0.2, 0) is 22.6 Å². The zero-order valence-corrected chi connectivity index (χ0v) is 13.3. The average Bonchev–Trinajstić information content (AvgIpc) is 2.53. The van der Waals surface area contributed by atoms with Gasteiger partial charge in [-0.25, -0.2) is 0 Å². The molecule has 0 amide bonds. The molecular weight excluding hydrogens is 266 g/mol. The van der Waals surface area contributed by atoms with E-state index in [4.69, 9.17) is 9.47 Å². The lowest BCUT2D eigenvalue weighted by molar-refractivity contribution is 0.133. The first kappa shape index (κ1) is 17.5. The molecule has 0 saturated carbocycles. The van der Waals surface area contributed by atoms with Crippen LogP contribution in [-0.4, -0.2) is 39.9 Å². The van der Waals surface area contributed by atoms with Crippen molar-refractivity contribution in [3.63, 3.8) is 0 Å². The first-order valence-corrected chi connectivity index (χ1v) is 7.39. The number of rotatable bonds is 9. The van der Waals surface area contributed by atoms with Gasteiger partial charge >= 0.3 is 0 Å². The maximum Gasteiger partial charge on any atom is 0.191 e. The molecule has 1 aromatic rings. The van der Waals surface area contributed by atoms with Crippen molar-refractivity contribution < 1.29 is 9.47 Å². The normalized spacial score (nSPS) is 11.5. The fraction of sp³-hybridized carbons (Fsp3) is 0.562. The second-order valence-electron chi connectivity index (χ2n) is 4.60. The number of nitrogens with one attached hydrogen (secondary N) is 2. The SMILES string of the molecule is CCOCc1ccccc1CNC(=NC)NCCCOC. The van der Waals surface area contributed by atoms with E-state index < -0.39 is 0 Å². The maximum atomic E-state index is 5.50. The fourth-order valence-corrected chi connectivity index (χ4v) is 1.91. The van der Waals surface area contributed by atoms with Crippen molar-refractivity contribution in [3.8, 4) is 0 Å². The van der Waals surface area contributed by atoms with Crippen molar-refractivity contribution in [1.29, 1.82) is 0 Å². The molecular formula is C16H27N3O2. The van der Waals surface area contributed by atoms with E-state index in [1.807, 2.05) is 19.1 Å². The Labute approximate surface area is 127 Å². The van der Waals surface area contributed by atoms with Crippen LogP contribution in [0.1, 0.15) is 24.5 Å². The largest absolute Gasteiger partial charge is 0.385 e. The van der Waals surface area contributed by atoms with Gasteiger partial charge in [0.1, 0.15) is 0 Å². The molecule has 1 aromatic carbocycles. The lowest BCUT2D eigenvalue weighted by Gasteiger charge is -2.14. The molecule has 0 aliphatic carbocycles. The monoisotopic (exact) mass is 293 g/mol. The summed E-state index contributed by atoms with van der Waals surface area (Å²) in [6, 6.07) is 8.29. The summed E-state index contributed by atoms with van der Waals surface area (Å²) in [5.74, 6) is 0.803. The maximum absolute atomic E-state index is 5.50. The molecule has 5 heteroatoms. The van der Waals surface area contributed by atoms with Gasteiger partial charge in [0.15, 0.2) is 5.96 Å². The molecule has 0 aliphatic rings. The van der Waals surface area contributed by atoms with Crippen molar-refractivity contribution in [1.82, 2.24) is 10.6 Å². The van der Waals surface area contributed by atoms with Gasteiger partial charge < -0.3 is 20.1 Å². The first-order valence-electron chi connectivity index (χ1n) is 7.39. The molecule has 1 rings (SSSR count). The van der Waals surface area contributed by atoms with Crippen LogP contribution in [0.4, 0.5) is 0 Å². The Morgan fingerprint density at radius 2 is 1.95 bits per heavy atom. The summed E-state index contributed by atoms with van der Waals surface area (Å²) < 4.78 is 10.5. The highest BCUT2D eigenvalue weighted by Crippen LogP contribution is 2.09. The number of hydrogen-bond acceptors (Lipinski definition) is 3. The first-order chi connectivity index (χ1) is 10.3. The summed E-state index contributed by atoms with van der Waals surface area (Å²) in [7, 11) is 3.49. The predicted octanol–water partition coefficient (Wildman–Crippen LogP) is 1.92. The summed E-state index contributed by atoms with van der Waals surface area (Å²) in [5, 5.41) is 6.59. The van der Waals surface area contributed by atoms with Crippen molar-refractivity contribution in [2.24, 2.45) is 4.99 Å². The molecule has 118 valence electrons. The lowest BCUT2D eigenvalue weighted by atomic mass is 10.1. The summed E-state index contributed by atoms with van der Waals surface area (Å²) in [6.45, 7) is 5.70. The minimum absolute atomic E-state index is 0.647. The van der Waals surface area contributed by atoms with Gasteiger partial charge in [-0.2, -0.15) is 0 Å². The Hall–Kier alpha value is -1.59. The van der Waals surface area contributed by atoms with Crippen LogP contribution in [0.2, 0.25) is 0 Å². The molecule has 0 unspecified atom stereocenters. The van der Waals surface area contributed by atoms with E-state index in [1.165, 1.54) is 11.1 Å². The topological polar surface area (TPSA) is 54.9 Å². The molecule has 21 heavy (non-hydrogen) atoms. The molecule has 2 N–H and O–H groups in total. The minimum Gasteiger partial charge on any atom is -0.385 e. The molecule has 0 saturated heterocycles. The Bertz CT molecular complexity index is 422. The number of benzene rings is 1. The molecule has 0 aromatic heterocycles. The van der Waals surface area contributed by atoms with Gasteiger partial charge in [0.05, 0.1) is 6.61 Å². The summed E-state index contributed by atoms with van der Waals surface area (Å²) in [4.78, 5) is 4.21. The number of aliphatic imine (C=N–C) groups is 1. The van der Waals surface area contributed by atoms with Crippen molar-refractivity contribution in [3.05, 3.63) is 35.4 Å². The standard InChI is InChI=1S/C16H27N3O2/c1-4-21-13-15-9-6-5-8-14(15)12-19-16(17-2)18-10-7-11-20-3/h5-6,8-9H,4,7,10-13H2,1-3H3,(H2,17,18,19). The van der Waals surface area contributed by atoms with E-state index in [9.17, 15) is 0 Å².